The van der Waals surface area contributed by atoms with Crippen molar-refractivity contribution in [1.29, 1.82) is 0 Å². The van der Waals surface area contributed by atoms with Gasteiger partial charge in [0.2, 0.25) is 0 Å². The second-order valence-electron chi connectivity index (χ2n) is 6.24. The SMILES string of the molecule is CN=C(NCCc1noc(-c2ccccn2)n1)N(C)Cc1ccccc1C.I. The summed E-state index contributed by atoms with van der Waals surface area (Å²) >= 11 is 0. The van der Waals surface area contributed by atoms with Crippen LogP contribution >= 0.6 is 24.0 Å². The predicted molar refractivity (Wildman–Crippen MR) is 121 cm³/mol. The quantitative estimate of drug-likeness (QED) is 0.323. The highest BCUT2D eigenvalue weighted by Crippen LogP contribution is 2.13. The van der Waals surface area contributed by atoms with Crippen LogP contribution in [0.4, 0.5) is 0 Å². The van der Waals surface area contributed by atoms with Crippen LogP contribution < -0.4 is 5.32 Å². The fourth-order valence-electron chi connectivity index (χ4n) is 2.74. The molecule has 2 aromatic heterocycles. The lowest BCUT2D eigenvalue weighted by atomic mass is 10.1. The molecule has 0 spiro atoms. The van der Waals surface area contributed by atoms with Crippen LogP contribution in [0.3, 0.4) is 0 Å². The molecule has 2 heterocycles. The number of benzene rings is 1. The van der Waals surface area contributed by atoms with Crippen molar-refractivity contribution >= 4 is 29.9 Å². The minimum Gasteiger partial charge on any atom is -0.356 e. The maximum absolute atomic E-state index is 5.28. The third-order valence-corrected chi connectivity index (χ3v) is 4.23. The van der Waals surface area contributed by atoms with Crippen LogP contribution in [0.15, 0.2) is 58.2 Å². The van der Waals surface area contributed by atoms with Crippen molar-refractivity contribution in [3.8, 4) is 11.6 Å². The summed E-state index contributed by atoms with van der Waals surface area (Å²) in [6, 6.07) is 14.0. The van der Waals surface area contributed by atoms with E-state index in [1.165, 1.54) is 11.1 Å². The van der Waals surface area contributed by atoms with Gasteiger partial charge in [0.05, 0.1) is 0 Å². The molecule has 0 amide bonds. The largest absolute Gasteiger partial charge is 0.356 e. The Morgan fingerprint density at radius 3 is 2.68 bits per heavy atom. The molecule has 1 aromatic carbocycles. The molecular formula is C20H25IN6O. The summed E-state index contributed by atoms with van der Waals surface area (Å²) in [4.78, 5) is 15.1. The first-order chi connectivity index (χ1) is 13.2. The van der Waals surface area contributed by atoms with Gasteiger partial charge in [0.1, 0.15) is 5.69 Å². The predicted octanol–water partition coefficient (Wildman–Crippen LogP) is 3.31. The Morgan fingerprint density at radius 2 is 1.96 bits per heavy atom. The van der Waals surface area contributed by atoms with Crippen molar-refractivity contribution in [3.05, 3.63) is 65.6 Å². The van der Waals surface area contributed by atoms with Gasteiger partial charge in [0.15, 0.2) is 11.8 Å². The van der Waals surface area contributed by atoms with Crippen molar-refractivity contribution < 1.29 is 4.52 Å². The molecule has 0 unspecified atom stereocenters. The van der Waals surface area contributed by atoms with Crippen molar-refractivity contribution in [3.63, 3.8) is 0 Å². The van der Waals surface area contributed by atoms with Gasteiger partial charge in [0, 0.05) is 39.8 Å². The van der Waals surface area contributed by atoms with Gasteiger partial charge in [-0.25, -0.2) is 0 Å². The number of guanidine groups is 1. The number of nitrogens with zero attached hydrogens (tertiary/aromatic N) is 5. The average molecular weight is 492 g/mol. The van der Waals surface area contributed by atoms with E-state index < -0.39 is 0 Å². The van der Waals surface area contributed by atoms with Crippen molar-refractivity contribution in [2.75, 3.05) is 20.6 Å². The van der Waals surface area contributed by atoms with E-state index in [9.17, 15) is 0 Å². The molecule has 0 aliphatic rings. The van der Waals surface area contributed by atoms with E-state index in [1.54, 1.807) is 13.2 Å². The van der Waals surface area contributed by atoms with Crippen LogP contribution in [0.5, 0.6) is 0 Å². The van der Waals surface area contributed by atoms with Crippen LogP contribution in [-0.2, 0) is 13.0 Å². The molecule has 7 nitrogen and oxygen atoms in total. The Kier molecular flexibility index (Phi) is 8.37. The summed E-state index contributed by atoms with van der Waals surface area (Å²) in [5, 5.41) is 7.36. The molecule has 148 valence electrons. The second kappa shape index (κ2) is 10.7. The molecular weight excluding hydrogens is 467 g/mol. The molecule has 8 heteroatoms. The molecule has 0 saturated carbocycles. The monoisotopic (exact) mass is 492 g/mol. The van der Waals surface area contributed by atoms with Crippen LogP contribution in [0, 0.1) is 6.92 Å². The number of rotatable bonds is 6. The number of hydrogen-bond donors (Lipinski definition) is 1. The average Bonchev–Trinajstić information content (AvgIpc) is 3.16. The minimum absolute atomic E-state index is 0. The molecule has 3 rings (SSSR count). The Morgan fingerprint density at radius 1 is 1.18 bits per heavy atom. The Labute approximate surface area is 182 Å². The van der Waals surface area contributed by atoms with Crippen molar-refractivity contribution in [2.24, 2.45) is 4.99 Å². The van der Waals surface area contributed by atoms with Gasteiger partial charge in [-0.1, -0.05) is 35.5 Å². The molecule has 3 aromatic rings. The fraction of sp³-hybridized carbons (Fsp3) is 0.300. The number of halogens is 1. The number of aromatic nitrogens is 3. The third-order valence-electron chi connectivity index (χ3n) is 4.23. The zero-order valence-corrected chi connectivity index (χ0v) is 18.6. The van der Waals surface area contributed by atoms with E-state index in [0.717, 1.165) is 12.5 Å². The van der Waals surface area contributed by atoms with Gasteiger partial charge in [-0.2, -0.15) is 4.98 Å². The molecule has 0 aliphatic carbocycles. The Balaban J connectivity index is 0.00000280. The molecule has 0 atom stereocenters. The smallest absolute Gasteiger partial charge is 0.276 e. The first kappa shape index (κ1) is 21.8. The van der Waals surface area contributed by atoms with E-state index in [2.05, 4.69) is 61.5 Å². The highest BCUT2D eigenvalue weighted by atomic mass is 127. The van der Waals surface area contributed by atoms with Gasteiger partial charge >= 0.3 is 0 Å². The van der Waals surface area contributed by atoms with Crippen LogP contribution in [0.1, 0.15) is 17.0 Å². The maximum atomic E-state index is 5.28. The lowest BCUT2D eigenvalue weighted by Crippen LogP contribution is -2.39. The molecule has 0 fully saturated rings. The van der Waals surface area contributed by atoms with E-state index in [4.69, 9.17) is 4.52 Å². The Hall–Kier alpha value is -2.49. The van der Waals surface area contributed by atoms with E-state index >= 15 is 0 Å². The van der Waals surface area contributed by atoms with Crippen LogP contribution in [0.25, 0.3) is 11.6 Å². The second-order valence-corrected chi connectivity index (χ2v) is 6.24. The van der Waals surface area contributed by atoms with Gasteiger partial charge in [-0.15, -0.1) is 24.0 Å². The first-order valence-corrected chi connectivity index (χ1v) is 8.87. The highest BCUT2D eigenvalue weighted by Gasteiger charge is 2.11. The van der Waals surface area contributed by atoms with Crippen molar-refractivity contribution in [1.82, 2.24) is 25.3 Å². The van der Waals surface area contributed by atoms with Crippen LogP contribution in [0.2, 0.25) is 0 Å². The summed E-state index contributed by atoms with van der Waals surface area (Å²) in [7, 11) is 3.81. The van der Waals surface area contributed by atoms with Crippen LogP contribution in [-0.4, -0.2) is 46.6 Å². The van der Waals surface area contributed by atoms with E-state index in [1.807, 2.05) is 25.2 Å². The highest BCUT2D eigenvalue weighted by molar-refractivity contribution is 14.0. The molecule has 1 N–H and O–H groups in total. The number of pyridine rings is 1. The Bertz CT molecular complexity index is 896. The standard InChI is InChI=1S/C20H24N6O.HI/c1-15-8-4-5-9-16(15)14-26(3)20(21-2)23-13-11-18-24-19(27-25-18)17-10-6-7-12-22-17;/h4-10,12H,11,13-14H2,1-3H3,(H,21,23);1H. The number of aliphatic imine (C=N–C) groups is 1. The molecule has 28 heavy (non-hydrogen) atoms. The van der Waals surface area contributed by atoms with Gasteiger partial charge in [0.25, 0.3) is 5.89 Å². The van der Waals surface area contributed by atoms with Crippen molar-refractivity contribution in [2.45, 2.75) is 19.9 Å². The van der Waals surface area contributed by atoms with Gasteiger partial charge in [-0.3, -0.25) is 9.98 Å². The van der Waals surface area contributed by atoms with Gasteiger partial charge in [-0.05, 0) is 30.2 Å². The maximum Gasteiger partial charge on any atom is 0.276 e. The lowest BCUT2D eigenvalue weighted by Gasteiger charge is -2.22. The summed E-state index contributed by atoms with van der Waals surface area (Å²) < 4.78 is 5.28. The zero-order chi connectivity index (χ0) is 19.1. The minimum atomic E-state index is 0. The summed E-state index contributed by atoms with van der Waals surface area (Å²) in [5.74, 6) is 1.90. The van der Waals surface area contributed by atoms with Gasteiger partial charge < -0.3 is 14.7 Å². The summed E-state index contributed by atoms with van der Waals surface area (Å²) in [6.45, 7) is 3.57. The van der Waals surface area contributed by atoms with E-state index in [-0.39, 0.29) is 24.0 Å². The zero-order valence-electron chi connectivity index (χ0n) is 16.3. The molecule has 0 saturated heterocycles. The normalized spacial score (nSPS) is 11.0. The topological polar surface area (TPSA) is 79.4 Å². The number of hydrogen-bond acceptors (Lipinski definition) is 5. The van der Waals surface area contributed by atoms with E-state index in [0.29, 0.717) is 30.4 Å². The fourth-order valence-corrected chi connectivity index (χ4v) is 2.74. The molecule has 0 aliphatic heterocycles. The third kappa shape index (κ3) is 5.75. The number of aryl methyl sites for hydroxylation is 1. The summed E-state index contributed by atoms with van der Waals surface area (Å²) in [6.07, 6.45) is 2.34. The molecule has 0 bridgehead atoms. The molecule has 0 radical (unpaired) electrons. The first-order valence-electron chi connectivity index (χ1n) is 8.87. The summed E-state index contributed by atoms with van der Waals surface area (Å²) in [5.41, 5.74) is 3.23. The lowest BCUT2D eigenvalue weighted by molar-refractivity contribution is 0.420. The number of nitrogens with one attached hydrogen (secondary N) is 1.